The normalized spacial score (nSPS) is 18.2. The number of rotatable bonds is 6. The van der Waals surface area contributed by atoms with Crippen LogP contribution in [0.25, 0.3) is 0 Å². The molecule has 1 saturated heterocycles. The molecule has 1 atom stereocenters. The summed E-state index contributed by atoms with van der Waals surface area (Å²) in [4.78, 5) is 17.2. The van der Waals surface area contributed by atoms with Gasteiger partial charge >= 0.3 is 6.09 Å². The van der Waals surface area contributed by atoms with Gasteiger partial charge in [-0.2, -0.15) is 0 Å². The molecule has 1 amide bonds. The van der Waals surface area contributed by atoms with E-state index in [1.807, 2.05) is 4.57 Å². The third kappa shape index (κ3) is 4.36. The zero-order chi connectivity index (χ0) is 17.0. The van der Waals surface area contributed by atoms with Gasteiger partial charge in [-0.3, -0.25) is 9.47 Å². The van der Waals surface area contributed by atoms with E-state index in [1.165, 1.54) is 4.90 Å². The van der Waals surface area contributed by atoms with E-state index < -0.39 is 14.2 Å². The van der Waals surface area contributed by atoms with Gasteiger partial charge in [0.1, 0.15) is 18.2 Å². The smallest absolute Gasteiger partial charge is 0.407 e. The number of amides is 1. The van der Waals surface area contributed by atoms with E-state index in [4.69, 9.17) is 11.2 Å². The topological polar surface area (TPSA) is 67.6 Å². The Labute approximate surface area is 138 Å². The largest absolute Gasteiger partial charge is 0.465 e. The highest BCUT2D eigenvalue weighted by atomic mass is 28.3. The summed E-state index contributed by atoms with van der Waals surface area (Å²) in [5, 5.41) is 9.33. The van der Waals surface area contributed by atoms with E-state index in [0.29, 0.717) is 31.4 Å². The van der Waals surface area contributed by atoms with Crippen molar-refractivity contribution in [1.29, 1.82) is 0 Å². The Hall–Kier alpha value is -1.78. The summed E-state index contributed by atoms with van der Waals surface area (Å²) in [6.07, 6.45) is 7.85. The number of carboxylic acid groups (broad SMARTS) is 1. The van der Waals surface area contributed by atoms with Crippen molar-refractivity contribution >= 4 is 14.2 Å². The van der Waals surface area contributed by atoms with Crippen molar-refractivity contribution in [3.63, 3.8) is 0 Å². The fraction of sp³-hybridized carbons (Fsp3) is 0.625. The van der Waals surface area contributed by atoms with E-state index in [0.717, 1.165) is 18.9 Å². The van der Waals surface area contributed by atoms with E-state index in [1.54, 1.807) is 6.20 Å². The van der Waals surface area contributed by atoms with Crippen LogP contribution < -0.4 is 0 Å². The van der Waals surface area contributed by atoms with Crippen LogP contribution in [-0.2, 0) is 11.5 Å². The second-order valence-corrected chi connectivity index (χ2v) is 12.7. The van der Waals surface area contributed by atoms with Crippen LogP contribution in [0.4, 0.5) is 4.79 Å². The molecule has 0 aromatic carbocycles. The molecular weight excluding hydrogens is 310 g/mol. The molecule has 1 fully saturated rings. The number of hydrogen-bond donors (Lipinski definition) is 1. The maximum absolute atomic E-state index is 11.4. The summed E-state index contributed by atoms with van der Waals surface area (Å²) >= 11 is 0. The maximum Gasteiger partial charge on any atom is 0.407 e. The van der Waals surface area contributed by atoms with Gasteiger partial charge in [0.05, 0.1) is 12.2 Å². The lowest BCUT2D eigenvalue weighted by atomic mass is 10.2. The molecule has 1 aromatic rings. The first-order chi connectivity index (χ1) is 10.8. The molecule has 0 bridgehead atoms. The van der Waals surface area contributed by atoms with Gasteiger partial charge in [0, 0.05) is 21.2 Å². The molecule has 1 aliphatic rings. The van der Waals surface area contributed by atoms with Gasteiger partial charge in [-0.05, 0) is 18.9 Å². The standard InChI is InChI=1S/C16H25N3O3Si/c1-5-13-11-17-15(14-7-6-8-18(14)16(20)21)19(13)12-22-9-10-23(2,3)4/h1,11,14H,6-10,12H2,2-4H3,(H,20,21). The molecule has 0 saturated carbocycles. The van der Waals surface area contributed by atoms with Gasteiger partial charge in [-0.15, -0.1) is 6.42 Å². The number of imidazole rings is 1. The molecule has 2 heterocycles. The van der Waals surface area contributed by atoms with Gasteiger partial charge in [0.15, 0.2) is 0 Å². The minimum Gasteiger partial charge on any atom is -0.465 e. The molecule has 1 N–H and O–H groups in total. The fourth-order valence-corrected chi connectivity index (χ4v) is 3.46. The predicted molar refractivity (Wildman–Crippen MR) is 91.0 cm³/mol. The lowest BCUT2D eigenvalue weighted by Gasteiger charge is -2.22. The Kier molecular flexibility index (Phi) is 5.49. The SMILES string of the molecule is C#Cc1cnc(C2CCCN2C(=O)O)n1COCC[Si](C)(C)C. The van der Waals surface area contributed by atoms with Crippen molar-refractivity contribution in [2.75, 3.05) is 13.2 Å². The summed E-state index contributed by atoms with van der Waals surface area (Å²) in [5.41, 5.74) is 0.630. The van der Waals surface area contributed by atoms with Crippen molar-refractivity contribution in [3.05, 3.63) is 17.7 Å². The molecule has 23 heavy (non-hydrogen) atoms. The monoisotopic (exact) mass is 335 g/mol. The van der Waals surface area contributed by atoms with Crippen molar-refractivity contribution < 1.29 is 14.6 Å². The molecule has 1 unspecified atom stereocenters. The van der Waals surface area contributed by atoms with Crippen LogP contribution in [0.15, 0.2) is 6.20 Å². The zero-order valence-electron chi connectivity index (χ0n) is 14.1. The van der Waals surface area contributed by atoms with Gasteiger partial charge in [-0.25, -0.2) is 9.78 Å². The highest BCUT2D eigenvalue weighted by molar-refractivity contribution is 6.76. The molecule has 1 aliphatic heterocycles. The molecule has 0 radical (unpaired) electrons. The Morgan fingerprint density at radius 3 is 2.91 bits per heavy atom. The van der Waals surface area contributed by atoms with Crippen molar-refractivity contribution in [2.24, 2.45) is 0 Å². The quantitative estimate of drug-likeness (QED) is 0.493. The van der Waals surface area contributed by atoms with Gasteiger partial charge < -0.3 is 9.84 Å². The van der Waals surface area contributed by atoms with Crippen LogP contribution in [0.1, 0.15) is 30.4 Å². The Morgan fingerprint density at radius 2 is 2.30 bits per heavy atom. The minimum absolute atomic E-state index is 0.241. The highest BCUT2D eigenvalue weighted by Crippen LogP contribution is 2.31. The average molecular weight is 335 g/mol. The second-order valence-electron chi connectivity index (χ2n) is 7.06. The van der Waals surface area contributed by atoms with Crippen LogP contribution >= 0.6 is 0 Å². The van der Waals surface area contributed by atoms with Crippen LogP contribution in [-0.4, -0.2) is 46.9 Å². The zero-order valence-corrected chi connectivity index (χ0v) is 15.1. The van der Waals surface area contributed by atoms with Crippen molar-refractivity contribution in [1.82, 2.24) is 14.5 Å². The number of hydrogen-bond acceptors (Lipinski definition) is 3. The molecule has 7 heteroatoms. The van der Waals surface area contributed by atoms with E-state index in [-0.39, 0.29) is 6.04 Å². The number of nitrogens with zero attached hydrogens (tertiary/aromatic N) is 3. The predicted octanol–water partition coefficient (Wildman–Crippen LogP) is 2.99. The molecule has 0 aliphatic carbocycles. The third-order valence-corrected chi connectivity index (χ3v) is 5.75. The Balaban J connectivity index is 2.11. The van der Waals surface area contributed by atoms with Crippen LogP contribution in [0.5, 0.6) is 0 Å². The summed E-state index contributed by atoms with van der Waals surface area (Å²) in [6, 6.07) is 0.836. The lowest BCUT2D eigenvalue weighted by Crippen LogP contribution is -2.31. The second kappa shape index (κ2) is 7.19. The summed E-state index contributed by atoms with van der Waals surface area (Å²) in [6.45, 7) is 8.45. The highest BCUT2D eigenvalue weighted by Gasteiger charge is 2.33. The van der Waals surface area contributed by atoms with E-state index in [9.17, 15) is 9.90 Å². The molecule has 126 valence electrons. The molecular formula is C16H25N3O3Si. The number of likely N-dealkylation sites (tertiary alicyclic amines) is 1. The number of aromatic nitrogens is 2. The first-order valence-electron chi connectivity index (χ1n) is 7.93. The van der Waals surface area contributed by atoms with E-state index >= 15 is 0 Å². The molecule has 2 rings (SSSR count). The Bertz CT molecular complexity index is 601. The van der Waals surface area contributed by atoms with Crippen LogP contribution in [0, 0.1) is 12.3 Å². The Morgan fingerprint density at radius 1 is 1.57 bits per heavy atom. The summed E-state index contributed by atoms with van der Waals surface area (Å²) in [7, 11) is -1.14. The first kappa shape index (κ1) is 17.6. The summed E-state index contributed by atoms with van der Waals surface area (Å²) in [5.74, 6) is 3.29. The van der Waals surface area contributed by atoms with Gasteiger partial charge in [0.25, 0.3) is 0 Å². The number of ether oxygens (including phenoxy) is 1. The van der Waals surface area contributed by atoms with Crippen molar-refractivity contribution in [2.45, 2.75) is 51.3 Å². The fourth-order valence-electron chi connectivity index (χ4n) is 2.71. The van der Waals surface area contributed by atoms with Crippen LogP contribution in [0.2, 0.25) is 25.7 Å². The number of terminal acetylenes is 1. The third-order valence-electron chi connectivity index (χ3n) is 4.05. The maximum atomic E-state index is 11.4. The first-order valence-corrected chi connectivity index (χ1v) is 11.6. The lowest BCUT2D eigenvalue weighted by molar-refractivity contribution is 0.0800. The van der Waals surface area contributed by atoms with Gasteiger partial charge in [-0.1, -0.05) is 25.6 Å². The number of carbonyl (C=O) groups is 1. The van der Waals surface area contributed by atoms with Crippen molar-refractivity contribution in [3.8, 4) is 12.3 Å². The molecule has 1 aromatic heterocycles. The molecule has 0 spiro atoms. The van der Waals surface area contributed by atoms with E-state index in [2.05, 4.69) is 30.5 Å². The van der Waals surface area contributed by atoms with Crippen LogP contribution in [0.3, 0.4) is 0 Å². The minimum atomic E-state index is -1.14. The molecule has 6 nitrogen and oxygen atoms in total. The summed E-state index contributed by atoms with van der Waals surface area (Å²) < 4.78 is 7.62. The average Bonchev–Trinajstić information content (AvgIpc) is 3.08. The van der Waals surface area contributed by atoms with Gasteiger partial charge in [0.2, 0.25) is 0 Å².